The number of benzene rings is 1. The lowest BCUT2D eigenvalue weighted by atomic mass is 10.2. The number of carbonyl (C=O) groups is 2. The molecule has 0 saturated carbocycles. The number of aryl methyl sites for hydroxylation is 1. The van der Waals surface area contributed by atoms with Gasteiger partial charge in [0.1, 0.15) is 5.75 Å². The number of hydrogen-bond donors (Lipinski definition) is 1. The van der Waals surface area contributed by atoms with Crippen molar-refractivity contribution >= 4 is 11.7 Å². The molecular weight excluding hydrogens is 244 g/mol. The normalized spacial score (nSPS) is 10.2. The van der Waals surface area contributed by atoms with Crippen LogP contribution in [-0.2, 0) is 7.05 Å². The van der Waals surface area contributed by atoms with Gasteiger partial charge in [0.2, 0.25) is 11.7 Å². The van der Waals surface area contributed by atoms with Crippen LogP contribution in [0.4, 0.5) is 0 Å². The lowest BCUT2D eigenvalue weighted by Crippen LogP contribution is -2.13. The Labute approximate surface area is 110 Å². The highest BCUT2D eigenvalue weighted by molar-refractivity contribution is 5.97. The van der Waals surface area contributed by atoms with Gasteiger partial charge >= 0.3 is 0 Å². The third-order valence-corrected chi connectivity index (χ3v) is 2.64. The maximum atomic E-state index is 11.8. The predicted molar refractivity (Wildman–Crippen MR) is 70.2 cm³/mol. The molecule has 0 aliphatic carbocycles. The number of hydrogen-bond acceptors (Lipinski definition) is 3. The van der Waals surface area contributed by atoms with Crippen molar-refractivity contribution in [1.29, 1.82) is 0 Å². The fourth-order valence-electron chi connectivity index (χ4n) is 1.64. The van der Waals surface area contributed by atoms with Crippen molar-refractivity contribution in [3.8, 4) is 5.75 Å². The summed E-state index contributed by atoms with van der Waals surface area (Å²) in [5.74, 6) is -0.203. The molecule has 1 aromatic heterocycles. The molecule has 0 bridgehead atoms. The zero-order chi connectivity index (χ0) is 13.8. The number of nitrogens with zero attached hydrogens (tertiary/aromatic N) is 1. The molecule has 2 aromatic rings. The summed E-state index contributed by atoms with van der Waals surface area (Å²) >= 11 is 0. The number of rotatable bonds is 5. The summed E-state index contributed by atoms with van der Waals surface area (Å²) in [5.41, 5.74) is 6.11. The van der Waals surface area contributed by atoms with Crippen LogP contribution in [0.3, 0.4) is 0 Å². The van der Waals surface area contributed by atoms with E-state index in [1.807, 2.05) is 7.05 Å². The Bertz CT molecular complexity index is 617. The van der Waals surface area contributed by atoms with Crippen molar-refractivity contribution in [1.82, 2.24) is 4.57 Å². The predicted octanol–water partition coefficient (Wildman–Crippen LogP) is 1.39. The van der Waals surface area contributed by atoms with Crippen molar-refractivity contribution in [2.45, 2.75) is 0 Å². The molecular formula is C14H14N2O3. The minimum Gasteiger partial charge on any atom is -0.485 e. The van der Waals surface area contributed by atoms with Gasteiger partial charge in [-0.2, -0.15) is 0 Å². The van der Waals surface area contributed by atoms with Crippen LogP contribution in [0.2, 0.25) is 0 Å². The maximum absolute atomic E-state index is 11.8. The molecule has 1 heterocycles. The lowest BCUT2D eigenvalue weighted by Gasteiger charge is -2.05. The van der Waals surface area contributed by atoms with Crippen molar-refractivity contribution in [2.24, 2.45) is 12.8 Å². The molecule has 98 valence electrons. The van der Waals surface area contributed by atoms with Crippen LogP contribution in [0.15, 0.2) is 42.7 Å². The Morgan fingerprint density at radius 2 is 2.05 bits per heavy atom. The van der Waals surface area contributed by atoms with Crippen molar-refractivity contribution < 1.29 is 14.3 Å². The number of amides is 1. The van der Waals surface area contributed by atoms with E-state index in [2.05, 4.69) is 0 Å². The van der Waals surface area contributed by atoms with E-state index in [0.717, 1.165) is 0 Å². The van der Waals surface area contributed by atoms with Gasteiger partial charge in [0.15, 0.2) is 6.61 Å². The Morgan fingerprint density at radius 3 is 2.68 bits per heavy atom. The number of carbonyl (C=O) groups excluding carboxylic acids is 2. The van der Waals surface area contributed by atoms with E-state index in [0.29, 0.717) is 16.9 Å². The number of ether oxygens (including phenoxy) is 1. The first-order chi connectivity index (χ1) is 9.06. The van der Waals surface area contributed by atoms with E-state index >= 15 is 0 Å². The smallest absolute Gasteiger partial charge is 0.248 e. The lowest BCUT2D eigenvalue weighted by molar-refractivity contribution is 0.0921. The van der Waals surface area contributed by atoms with Gasteiger partial charge in [-0.15, -0.1) is 0 Å². The average Bonchev–Trinajstić information content (AvgIpc) is 2.83. The van der Waals surface area contributed by atoms with Gasteiger partial charge in [0, 0.05) is 30.6 Å². The summed E-state index contributed by atoms with van der Waals surface area (Å²) < 4.78 is 7.15. The Hall–Kier alpha value is -2.56. The van der Waals surface area contributed by atoms with Gasteiger partial charge in [-0.05, 0) is 24.3 Å². The number of aromatic nitrogens is 1. The average molecular weight is 258 g/mol. The zero-order valence-corrected chi connectivity index (χ0v) is 10.5. The van der Waals surface area contributed by atoms with Gasteiger partial charge in [-0.3, -0.25) is 9.59 Å². The van der Waals surface area contributed by atoms with Crippen LogP contribution in [0.25, 0.3) is 0 Å². The molecule has 0 aliphatic rings. The van der Waals surface area contributed by atoms with E-state index in [1.54, 1.807) is 41.2 Å². The maximum Gasteiger partial charge on any atom is 0.248 e. The molecule has 0 atom stereocenters. The molecule has 19 heavy (non-hydrogen) atoms. The highest BCUT2D eigenvalue weighted by atomic mass is 16.5. The van der Waals surface area contributed by atoms with Crippen LogP contribution in [-0.4, -0.2) is 22.9 Å². The van der Waals surface area contributed by atoms with Gasteiger partial charge in [0.25, 0.3) is 0 Å². The molecule has 5 heteroatoms. The molecule has 0 spiro atoms. The zero-order valence-electron chi connectivity index (χ0n) is 10.5. The minimum absolute atomic E-state index is 0.0772. The highest BCUT2D eigenvalue weighted by Crippen LogP contribution is 2.13. The molecule has 1 aromatic carbocycles. The quantitative estimate of drug-likeness (QED) is 0.823. The first kappa shape index (κ1) is 12.9. The fraction of sp³-hybridized carbons (Fsp3) is 0.143. The van der Waals surface area contributed by atoms with Crippen molar-refractivity contribution in [2.75, 3.05) is 6.61 Å². The topological polar surface area (TPSA) is 74.3 Å². The van der Waals surface area contributed by atoms with Gasteiger partial charge in [-0.1, -0.05) is 6.07 Å². The summed E-state index contributed by atoms with van der Waals surface area (Å²) in [7, 11) is 1.84. The SMILES string of the molecule is Cn1ccc(C(=O)COc2cccc(C(N)=O)c2)c1. The third kappa shape index (κ3) is 3.22. The van der Waals surface area contributed by atoms with E-state index in [9.17, 15) is 9.59 Å². The Morgan fingerprint density at radius 1 is 1.26 bits per heavy atom. The summed E-state index contributed by atoms with van der Waals surface area (Å²) in [6.45, 7) is -0.0772. The Balaban J connectivity index is 2.01. The largest absolute Gasteiger partial charge is 0.485 e. The Kier molecular flexibility index (Phi) is 3.66. The van der Waals surface area contributed by atoms with Crippen LogP contribution < -0.4 is 10.5 Å². The number of primary amides is 1. The van der Waals surface area contributed by atoms with Crippen molar-refractivity contribution in [3.05, 3.63) is 53.9 Å². The summed E-state index contributed by atoms with van der Waals surface area (Å²) in [4.78, 5) is 22.8. The molecule has 0 saturated heterocycles. The molecule has 2 rings (SSSR count). The monoisotopic (exact) mass is 258 g/mol. The van der Waals surface area contributed by atoms with Gasteiger partial charge in [-0.25, -0.2) is 0 Å². The second-order valence-corrected chi connectivity index (χ2v) is 4.17. The summed E-state index contributed by atoms with van der Waals surface area (Å²) in [5, 5.41) is 0. The molecule has 0 aliphatic heterocycles. The first-order valence-electron chi connectivity index (χ1n) is 5.74. The molecule has 0 unspecified atom stereocenters. The first-order valence-corrected chi connectivity index (χ1v) is 5.74. The minimum atomic E-state index is -0.528. The van der Waals surface area contributed by atoms with Crippen LogP contribution in [0.1, 0.15) is 20.7 Å². The molecule has 5 nitrogen and oxygen atoms in total. The van der Waals surface area contributed by atoms with E-state index in [-0.39, 0.29) is 12.4 Å². The van der Waals surface area contributed by atoms with E-state index in [4.69, 9.17) is 10.5 Å². The number of Topliss-reactive ketones (excluding diaryl/α,β-unsaturated/α-hetero) is 1. The van der Waals surface area contributed by atoms with Crippen LogP contribution in [0, 0.1) is 0 Å². The van der Waals surface area contributed by atoms with Crippen molar-refractivity contribution in [3.63, 3.8) is 0 Å². The second kappa shape index (κ2) is 5.39. The second-order valence-electron chi connectivity index (χ2n) is 4.17. The van der Waals surface area contributed by atoms with E-state index < -0.39 is 5.91 Å². The third-order valence-electron chi connectivity index (χ3n) is 2.64. The number of ketones is 1. The number of nitrogens with two attached hydrogens (primary N) is 1. The fourth-order valence-corrected chi connectivity index (χ4v) is 1.64. The summed E-state index contributed by atoms with van der Waals surface area (Å²) in [6, 6.07) is 8.16. The van der Waals surface area contributed by atoms with E-state index in [1.165, 1.54) is 6.07 Å². The highest BCUT2D eigenvalue weighted by Gasteiger charge is 2.08. The molecule has 0 fully saturated rings. The molecule has 0 radical (unpaired) electrons. The molecule has 2 N–H and O–H groups in total. The van der Waals surface area contributed by atoms with Crippen LogP contribution >= 0.6 is 0 Å². The standard InChI is InChI=1S/C14H14N2O3/c1-16-6-5-11(8-16)13(17)9-19-12-4-2-3-10(7-12)14(15)18/h2-8H,9H2,1H3,(H2,15,18). The van der Waals surface area contributed by atoms with Crippen LogP contribution in [0.5, 0.6) is 5.75 Å². The molecule has 1 amide bonds. The van der Waals surface area contributed by atoms with Gasteiger partial charge in [0.05, 0.1) is 0 Å². The van der Waals surface area contributed by atoms with Gasteiger partial charge < -0.3 is 15.0 Å². The summed E-state index contributed by atoms with van der Waals surface area (Å²) in [6.07, 6.45) is 3.52.